The molecule has 2 N–H and O–H groups in total. The molecule has 0 amide bonds. The highest BCUT2D eigenvalue weighted by Gasteiger charge is 2.06. The Hall–Kier alpha value is -1.61. The van der Waals surface area contributed by atoms with E-state index in [1.165, 1.54) is 42.6 Å². The lowest BCUT2D eigenvalue weighted by molar-refractivity contribution is 0.302. The first-order valence-corrected chi connectivity index (χ1v) is 9.97. The highest BCUT2D eigenvalue weighted by Crippen LogP contribution is 2.29. The van der Waals surface area contributed by atoms with Crippen molar-refractivity contribution in [1.29, 1.82) is 0 Å². The van der Waals surface area contributed by atoms with E-state index < -0.39 is 0 Å². The van der Waals surface area contributed by atoms with Crippen LogP contribution in [-0.4, -0.2) is 6.61 Å². The smallest absolute Gasteiger partial charge is 0.123 e. The summed E-state index contributed by atoms with van der Waals surface area (Å²) in [6, 6.07) is 16.4. The molecule has 0 aromatic heterocycles. The molecule has 0 saturated heterocycles. The number of hydrogen-bond donors (Lipinski definition) is 1. The molecule has 0 aliphatic heterocycles. The van der Waals surface area contributed by atoms with E-state index in [2.05, 4.69) is 31.2 Å². The monoisotopic (exact) mass is 343 g/mol. The minimum Gasteiger partial charge on any atom is -0.493 e. The predicted molar refractivity (Wildman–Crippen MR) is 106 cm³/mol. The van der Waals surface area contributed by atoms with Gasteiger partial charge >= 0.3 is 0 Å². The highest BCUT2D eigenvalue weighted by molar-refractivity contribution is 7.98. The molecule has 0 aliphatic carbocycles. The average Bonchev–Trinajstić information content (AvgIpc) is 2.61. The molecule has 3 heteroatoms. The molecule has 0 aliphatic rings. The van der Waals surface area contributed by atoms with Crippen LogP contribution in [0.25, 0.3) is 0 Å². The molecule has 0 heterocycles. The summed E-state index contributed by atoms with van der Waals surface area (Å²) < 4.78 is 6.02. The Morgan fingerprint density at radius 1 is 0.917 bits per heavy atom. The molecular weight excluding hydrogens is 314 g/mol. The summed E-state index contributed by atoms with van der Waals surface area (Å²) in [5.41, 5.74) is 7.93. The Morgan fingerprint density at radius 2 is 1.67 bits per heavy atom. The Bertz CT molecular complexity index is 586. The van der Waals surface area contributed by atoms with E-state index in [9.17, 15) is 0 Å². The maximum atomic E-state index is 6.02. The number of nitrogen functional groups attached to an aromatic ring is 1. The summed E-state index contributed by atoms with van der Waals surface area (Å²) >= 11 is 1.81. The van der Waals surface area contributed by atoms with Gasteiger partial charge in [0.1, 0.15) is 5.75 Å². The van der Waals surface area contributed by atoms with Crippen molar-refractivity contribution in [2.45, 2.75) is 56.1 Å². The van der Waals surface area contributed by atoms with Crippen LogP contribution < -0.4 is 10.5 Å². The maximum Gasteiger partial charge on any atom is 0.123 e. The van der Waals surface area contributed by atoms with Crippen LogP contribution in [0, 0.1) is 0 Å². The zero-order chi connectivity index (χ0) is 17.0. The fraction of sp³-hybridized carbons (Fsp3) is 0.429. The number of anilines is 1. The fourth-order valence-corrected chi connectivity index (χ4v) is 3.49. The van der Waals surface area contributed by atoms with Gasteiger partial charge in [-0.15, -0.1) is 11.8 Å². The van der Waals surface area contributed by atoms with Gasteiger partial charge < -0.3 is 10.5 Å². The first kappa shape index (κ1) is 18.7. The van der Waals surface area contributed by atoms with Crippen LogP contribution in [0.1, 0.15) is 51.0 Å². The van der Waals surface area contributed by atoms with E-state index in [1.807, 2.05) is 36.0 Å². The SMILES string of the molecule is CCCCCCCCOc1ccc(N)cc1CSc1ccccc1. The molecular formula is C21H29NOS. The molecule has 0 fully saturated rings. The van der Waals surface area contributed by atoms with Crippen LogP contribution in [0.5, 0.6) is 5.75 Å². The van der Waals surface area contributed by atoms with Crippen LogP contribution >= 0.6 is 11.8 Å². The van der Waals surface area contributed by atoms with E-state index >= 15 is 0 Å². The van der Waals surface area contributed by atoms with E-state index in [0.29, 0.717) is 0 Å². The van der Waals surface area contributed by atoms with Gasteiger partial charge in [-0.25, -0.2) is 0 Å². The molecule has 24 heavy (non-hydrogen) atoms. The molecule has 2 rings (SSSR count). The quantitative estimate of drug-likeness (QED) is 0.295. The number of ether oxygens (including phenoxy) is 1. The Morgan fingerprint density at radius 3 is 2.46 bits per heavy atom. The summed E-state index contributed by atoms with van der Waals surface area (Å²) in [5.74, 6) is 1.85. The van der Waals surface area contributed by atoms with Crippen molar-refractivity contribution < 1.29 is 4.74 Å². The van der Waals surface area contributed by atoms with E-state index in [0.717, 1.165) is 30.2 Å². The van der Waals surface area contributed by atoms with Gasteiger partial charge in [-0.2, -0.15) is 0 Å². The highest BCUT2D eigenvalue weighted by atomic mass is 32.2. The second kappa shape index (κ2) is 11.0. The van der Waals surface area contributed by atoms with Crippen molar-refractivity contribution in [1.82, 2.24) is 0 Å². The van der Waals surface area contributed by atoms with Gasteiger partial charge in [0.15, 0.2) is 0 Å². The van der Waals surface area contributed by atoms with E-state index in [1.54, 1.807) is 0 Å². The fourth-order valence-electron chi connectivity index (χ4n) is 2.60. The lowest BCUT2D eigenvalue weighted by Gasteiger charge is -2.12. The minimum atomic E-state index is 0.791. The van der Waals surface area contributed by atoms with Crippen LogP contribution in [-0.2, 0) is 5.75 Å². The van der Waals surface area contributed by atoms with Gasteiger partial charge in [-0.1, -0.05) is 57.2 Å². The van der Waals surface area contributed by atoms with Crippen LogP contribution in [0.4, 0.5) is 5.69 Å². The summed E-state index contributed by atoms with van der Waals surface area (Å²) in [7, 11) is 0. The average molecular weight is 344 g/mol. The second-order valence-corrected chi connectivity index (χ2v) is 7.13. The molecule has 0 radical (unpaired) electrons. The van der Waals surface area contributed by atoms with Crippen molar-refractivity contribution in [3.63, 3.8) is 0 Å². The normalized spacial score (nSPS) is 10.7. The molecule has 2 aromatic carbocycles. The van der Waals surface area contributed by atoms with Crippen LogP contribution in [0.2, 0.25) is 0 Å². The second-order valence-electron chi connectivity index (χ2n) is 6.09. The number of benzene rings is 2. The Balaban J connectivity index is 1.81. The maximum absolute atomic E-state index is 6.02. The van der Waals surface area contributed by atoms with Gasteiger partial charge in [0.25, 0.3) is 0 Å². The van der Waals surface area contributed by atoms with Crippen molar-refractivity contribution in [2.75, 3.05) is 12.3 Å². The van der Waals surface area contributed by atoms with Crippen LogP contribution in [0.15, 0.2) is 53.4 Å². The lowest BCUT2D eigenvalue weighted by Crippen LogP contribution is -2.01. The third-order valence-corrected chi connectivity index (χ3v) is 5.04. The molecule has 2 aromatic rings. The van der Waals surface area contributed by atoms with Gasteiger partial charge in [0.2, 0.25) is 0 Å². The summed E-state index contributed by atoms with van der Waals surface area (Å²) in [6.07, 6.45) is 7.68. The number of rotatable bonds is 11. The first-order valence-electron chi connectivity index (χ1n) is 8.98. The molecule has 0 atom stereocenters. The number of nitrogens with two attached hydrogens (primary N) is 1. The van der Waals surface area contributed by atoms with E-state index in [4.69, 9.17) is 10.5 Å². The largest absolute Gasteiger partial charge is 0.493 e. The van der Waals surface area contributed by atoms with Crippen molar-refractivity contribution >= 4 is 17.4 Å². The molecule has 2 nitrogen and oxygen atoms in total. The molecule has 0 spiro atoms. The van der Waals surface area contributed by atoms with Crippen molar-refractivity contribution in [2.24, 2.45) is 0 Å². The van der Waals surface area contributed by atoms with E-state index in [-0.39, 0.29) is 0 Å². The topological polar surface area (TPSA) is 35.2 Å². The van der Waals surface area contributed by atoms with Gasteiger partial charge in [0.05, 0.1) is 6.61 Å². The zero-order valence-electron chi connectivity index (χ0n) is 14.7. The van der Waals surface area contributed by atoms with Crippen molar-refractivity contribution in [3.05, 3.63) is 54.1 Å². The number of unbranched alkanes of at least 4 members (excludes halogenated alkanes) is 5. The molecule has 0 bridgehead atoms. The van der Waals surface area contributed by atoms with Crippen LogP contribution in [0.3, 0.4) is 0 Å². The Labute approximate surface area is 150 Å². The zero-order valence-corrected chi connectivity index (χ0v) is 15.5. The molecule has 0 saturated carbocycles. The molecule has 0 unspecified atom stereocenters. The third-order valence-electron chi connectivity index (χ3n) is 3.98. The van der Waals surface area contributed by atoms with Crippen molar-refractivity contribution in [3.8, 4) is 5.75 Å². The summed E-state index contributed by atoms with van der Waals surface area (Å²) in [5, 5.41) is 0. The third kappa shape index (κ3) is 6.88. The molecule has 130 valence electrons. The van der Waals surface area contributed by atoms with Gasteiger partial charge in [-0.05, 0) is 36.8 Å². The standard InChI is InChI=1S/C21H29NOS/c1-2-3-4-5-6-10-15-23-21-14-13-19(22)16-18(21)17-24-20-11-8-7-9-12-20/h7-9,11-14,16H,2-6,10,15,17,22H2,1H3. The van der Waals surface area contributed by atoms with Gasteiger partial charge in [-0.3, -0.25) is 0 Å². The number of thioether (sulfide) groups is 1. The van der Waals surface area contributed by atoms with Gasteiger partial charge in [0, 0.05) is 21.9 Å². The minimum absolute atomic E-state index is 0.791. The first-order chi connectivity index (χ1) is 11.8. The number of hydrogen-bond acceptors (Lipinski definition) is 3. The summed E-state index contributed by atoms with van der Waals surface area (Å²) in [6.45, 7) is 3.04. The summed E-state index contributed by atoms with van der Waals surface area (Å²) in [4.78, 5) is 1.27. The lowest BCUT2D eigenvalue weighted by atomic mass is 10.1. The predicted octanol–water partition coefficient (Wildman–Crippen LogP) is 6.30. The Kier molecular flexibility index (Phi) is 8.61.